The first-order valence-corrected chi connectivity index (χ1v) is 7.35. The summed E-state index contributed by atoms with van der Waals surface area (Å²) < 4.78 is 19.4. The second-order valence-corrected chi connectivity index (χ2v) is 5.75. The van der Waals surface area contributed by atoms with Crippen LogP contribution in [0.25, 0.3) is 22.4 Å². The second kappa shape index (κ2) is 5.59. The lowest BCUT2D eigenvalue weighted by Gasteiger charge is -2.13. The molecule has 1 atom stereocenters. The van der Waals surface area contributed by atoms with E-state index in [1.54, 1.807) is 19.1 Å². The van der Waals surface area contributed by atoms with Crippen molar-refractivity contribution in [3.63, 3.8) is 0 Å². The van der Waals surface area contributed by atoms with Gasteiger partial charge in [-0.15, -0.1) is 0 Å². The third-order valence-electron chi connectivity index (χ3n) is 3.83. The fourth-order valence-corrected chi connectivity index (χ4v) is 2.68. The maximum atomic E-state index is 13.4. The van der Waals surface area contributed by atoms with Crippen LogP contribution >= 0.6 is 0 Å². The van der Waals surface area contributed by atoms with Crippen molar-refractivity contribution < 1.29 is 8.81 Å². The normalized spacial score (nSPS) is 12.6. The molecular weight excluding hydrogens is 295 g/mol. The first-order chi connectivity index (χ1) is 10.9. The zero-order valence-electron chi connectivity index (χ0n) is 13.2. The Balaban J connectivity index is 2.42. The van der Waals surface area contributed by atoms with Gasteiger partial charge in [0, 0.05) is 17.2 Å². The molecule has 0 aliphatic rings. The Hall–Kier alpha value is -2.53. The summed E-state index contributed by atoms with van der Waals surface area (Å²) in [6, 6.07) is 7.77. The van der Waals surface area contributed by atoms with E-state index >= 15 is 0 Å². The molecule has 0 aliphatic heterocycles. The van der Waals surface area contributed by atoms with Gasteiger partial charge in [0.1, 0.15) is 11.3 Å². The molecule has 2 N–H and O–H groups in total. The molecule has 2 heterocycles. The number of halogens is 1. The van der Waals surface area contributed by atoms with Crippen molar-refractivity contribution >= 4 is 11.0 Å². The molecular formula is C18H17FN2O2. The van der Waals surface area contributed by atoms with Crippen molar-refractivity contribution in [2.45, 2.75) is 26.8 Å². The van der Waals surface area contributed by atoms with Crippen LogP contribution in [0.3, 0.4) is 0 Å². The molecule has 0 radical (unpaired) electrons. The topological polar surface area (TPSA) is 69.1 Å². The first-order valence-electron chi connectivity index (χ1n) is 7.35. The third-order valence-corrected chi connectivity index (χ3v) is 3.83. The van der Waals surface area contributed by atoms with Crippen molar-refractivity contribution in [2.24, 2.45) is 5.73 Å². The quantitative estimate of drug-likeness (QED) is 0.734. The number of nitrogens with two attached hydrogens (primary N) is 1. The minimum absolute atomic E-state index is 0.155. The molecule has 3 rings (SSSR count). The predicted octanol–water partition coefficient (Wildman–Crippen LogP) is 3.63. The minimum atomic E-state index is -0.624. The van der Waals surface area contributed by atoms with Gasteiger partial charge in [-0.2, -0.15) is 4.39 Å². The molecule has 0 spiro atoms. The van der Waals surface area contributed by atoms with E-state index in [9.17, 15) is 9.18 Å². The van der Waals surface area contributed by atoms with Gasteiger partial charge >= 0.3 is 0 Å². The zero-order chi connectivity index (χ0) is 16.7. The average molecular weight is 312 g/mol. The Kier molecular flexibility index (Phi) is 3.74. The summed E-state index contributed by atoms with van der Waals surface area (Å²) in [7, 11) is 0. The number of nitrogens with zero attached hydrogens (tertiary/aromatic N) is 1. The highest BCUT2D eigenvalue weighted by molar-refractivity contribution is 5.83. The highest BCUT2D eigenvalue weighted by atomic mass is 19.1. The lowest BCUT2D eigenvalue weighted by Crippen LogP contribution is -2.12. The molecule has 3 aromatic rings. The van der Waals surface area contributed by atoms with Crippen LogP contribution in [0.1, 0.15) is 29.7 Å². The van der Waals surface area contributed by atoms with E-state index in [1.165, 1.54) is 12.1 Å². The average Bonchev–Trinajstić information content (AvgIpc) is 2.50. The number of fused-ring (bicyclic) bond motifs is 1. The van der Waals surface area contributed by atoms with Crippen LogP contribution in [0, 0.1) is 19.8 Å². The van der Waals surface area contributed by atoms with Crippen LogP contribution < -0.4 is 11.2 Å². The molecule has 23 heavy (non-hydrogen) atoms. The largest absolute Gasteiger partial charge is 0.454 e. The van der Waals surface area contributed by atoms with E-state index < -0.39 is 5.95 Å². The summed E-state index contributed by atoms with van der Waals surface area (Å²) in [5, 5.41) is 0.481. The molecule has 118 valence electrons. The summed E-state index contributed by atoms with van der Waals surface area (Å²) in [6.07, 6.45) is 0. The van der Waals surface area contributed by atoms with E-state index in [0.717, 1.165) is 11.1 Å². The Morgan fingerprint density at radius 3 is 2.65 bits per heavy atom. The lowest BCUT2D eigenvalue weighted by molar-refractivity contribution is 0.572. The molecule has 0 unspecified atom stereocenters. The molecule has 0 saturated carbocycles. The Bertz CT molecular complexity index is 961. The maximum absolute atomic E-state index is 13.4. The standard InChI is InChI=1S/C18H17FN2O2/c1-9-7-12(11(3)20)18-13(8-9)16(22)10(2)17(23-18)14-5-4-6-15(19)21-14/h4-8,11H,20H2,1-3H3/t11-/m1/s1. The van der Waals surface area contributed by atoms with Gasteiger partial charge in [0.25, 0.3) is 0 Å². The maximum Gasteiger partial charge on any atom is 0.213 e. The van der Waals surface area contributed by atoms with Crippen LogP contribution in [0.15, 0.2) is 39.5 Å². The number of hydrogen-bond acceptors (Lipinski definition) is 4. The minimum Gasteiger partial charge on any atom is -0.454 e. The van der Waals surface area contributed by atoms with Gasteiger partial charge < -0.3 is 10.2 Å². The molecule has 0 fully saturated rings. The van der Waals surface area contributed by atoms with Gasteiger partial charge in [0.15, 0.2) is 11.2 Å². The van der Waals surface area contributed by atoms with E-state index in [2.05, 4.69) is 4.98 Å². The second-order valence-electron chi connectivity index (χ2n) is 5.75. The van der Waals surface area contributed by atoms with Crippen LogP contribution in [-0.2, 0) is 0 Å². The molecule has 1 aromatic carbocycles. The van der Waals surface area contributed by atoms with Gasteiger partial charge in [0.2, 0.25) is 5.95 Å². The SMILES string of the molecule is Cc1cc([C@@H](C)N)c2oc(-c3cccc(F)n3)c(C)c(=O)c2c1. The zero-order valence-corrected chi connectivity index (χ0v) is 13.2. The van der Waals surface area contributed by atoms with E-state index in [1.807, 2.05) is 19.9 Å². The summed E-state index contributed by atoms with van der Waals surface area (Å²) >= 11 is 0. The van der Waals surface area contributed by atoms with Crippen LogP contribution in [0.4, 0.5) is 4.39 Å². The number of rotatable bonds is 2. The lowest BCUT2D eigenvalue weighted by atomic mass is 10.00. The molecule has 5 heteroatoms. The summed E-state index contributed by atoms with van der Waals surface area (Å²) in [5.74, 6) is -0.353. The van der Waals surface area contributed by atoms with Gasteiger partial charge in [-0.1, -0.05) is 12.1 Å². The van der Waals surface area contributed by atoms with Crippen molar-refractivity contribution in [1.82, 2.24) is 4.98 Å². The first kappa shape index (κ1) is 15.4. The number of hydrogen-bond donors (Lipinski definition) is 1. The van der Waals surface area contributed by atoms with Gasteiger partial charge in [0.05, 0.1) is 5.39 Å². The van der Waals surface area contributed by atoms with Gasteiger partial charge in [-0.25, -0.2) is 4.98 Å². The van der Waals surface area contributed by atoms with Crippen molar-refractivity contribution in [2.75, 3.05) is 0 Å². The summed E-state index contributed by atoms with van der Waals surface area (Å²) in [6.45, 7) is 5.39. The van der Waals surface area contributed by atoms with Crippen LogP contribution in [-0.4, -0.2) is 4.98 Å². The predicted molar refractivity (Wildman–Crippen MR) is 87.7 cm³/mol. The highest BCUT2D eigenvalue weighted by Crippen LogP contribution is 2.29. The van der Waals surface area contributed by atoms with E-state index in [-0.39, 0.29) is 22.9 Å². The fraction of sp³-hybridized carbons (Fsp3) is 0.222. The summed E-state index contributed by atoms with van der Waals surface area (Å²) in [4.78, 5) is 16.5. The Morgan fingerprint density at radius 1 is 1.26 bits per heavy atom. The van der Waals surface area contributed by atoms with Crippen molar-refractivity contribution in [3.05, 3.63) is 63.2 Å². The van der Waals surface area contributed by atoms with Crippen molar-refractivity contribution in [3.8, 4) is 11.5 Å². The monoisotopic (exact) mass is 312 g/mol. The number of aryl methyl sites for hydroxylation is 1. The van der Waals surface area contributed by atoms with Crippen LogP contribution in [0.2, 0.25) is 0 Å². The molecule has 0 bridgehead atoms. The smallest absolute Gasteiger partial charge is 0.213 e. The van der Waals surface area contributed by atoms with Crippen molar-refractivity contribution in [1.29, 1.82) is 0 Å². The Labute approximate surface area is 132 Å². The number of aromatic nitrogens is 1. The van der Waals surface area contributed by atoms with Gasteiger partial charge in [-0.05, 0) is 44.5 Å². The molecule has 0 aliphatic carbocycles. The Morgan fingerprint density at radius 2 is 2.00 bits per heavy atom. The highest BCUT2D eigenvalue weighted by Gasteiger charge is 2.18. The molecule has 0 amide bonds. The molecule has 0 saturated heterocycles. The number of benzene rings is 1. The van der Waals surface area contributed by atoms with Gasteiger partial charge in [-0.3, -0.25) is 4.79 Å². The fourth-order valence-electron chi connectivity index (χ4n) is 2.68. The molecule has 4 nitrogen and oxygen atoms in total. The van der Waals surface area contributed by atoms with E-state index in [0.29, 0.717) is 16.5 Å². The summed E-state index contributed by atoms with van der Waals surface area (Å²) in [5.41, 5.74) is 8.66. The number of pyridine rings is 1. The van der Waals surface area contributed by atoms with E-state index in [4.69, 9.17) is 10.2 Å². The third kappa shape index (κ3) is 2.64. The van der Waals surface area contributed by atoms with Crippen LogP contribution in [0.5, 0.6) is 0 Å². The molecule has 2 aromatic heterocycles.